The molecule has 2 aromatic heterocycles. The fraction of sp³-hybridized carbons (Fsp3) is 0.524. The van der Waals surface area contributed by atoms with Crippen LogP contribution in [0.1, 0.15) is 32.1 Å². The third-order valence-corrected chi connectivity index (χ3v) is 6.08. The Morgan fingerprint density at radius 2 is 2.00 bits per heavy atom. The van der Waals surface area contributed by atoms with Crippen molar-refractivity contribution in [1.29, 1.82) is 0 Å². The molecule has 2 atom stereocenters. The third-order valence-electron chi connectivity index (χ3n) is 5.77. The van der Waals surface area contributed by atoms with E-state index in [1.807, 2.05) is 0 Å². The Labute approximate surface area is 181 Å². The fourth-order valence-electron chi connectivity index (χ4n) is 3.97. The van der Waals surface area contributed by atoms with Crippen LogP contribution in [0.2, 0.25) is 5.02 Å². The number of hydrogen-bond acceptors (Lipinski definition) is 7. The zero-order valence-electron chi connectivity index (χ0n) is 16.8. The van der Waals surface area contributed by atoms with Crippen molar-refractivity contribution >= 4 is 29.1 Å². The molecular formula is C21H27ClN6O2. The van der Waals surface area contributed by atoms with Gasteiger partial charge in [-0.15, -0.1) is 0 Å². The minimum absolute atomic E-state index is 0.0540. The number of nitrogens with one attached hydrogen (secondary N) is 2. The van der Waals surface area contributed by atoms with Crippen molar-refractivity contribution in [3.63, 3.8) is 0 Å². The molecule has 160 valence electrons. The minimum atomic E-state index is -0.0709. The first-order valence-electron chi connectivity index (χ1n) is 10.4. The average molecular weight is 431 g/mol. The van der Waals surface area contributed by atoms with Gasteiger partial charge in [0.15, 0.2) is 0 Å². The van der Waals surface area contributed by atoms with E-state index in [0.717, 1.165) is 45.4 Å². The lowest BCUT2D eigenvalue weighted by Gasteiger charge is -2.22. The van der Waals surface area contributed by atoms with Crippen molar-refractivity contribution in [2.75, 3.05) is 30.4 Å². The molecule has 0 bridgehead atoms. The number of anilines is 2. The molecule has 1 aliphatic carbocycles. The number of nitrogens with two attached hydrogens (primary N) is 1. The molecular weight excluding hydrogens is 404 g/mol. The van der Waals surface area contributed by atoms with Gasteiger partial charge in [0, 0.05) is 43.5 Å². The molecule has 1 saturated carbocycles. The van der Waals surface area contributed by atoms with Gasteiger partial charge in [-0.2, -0.15) is 0 Å². The number of amides is 1. The summed E-state index contributed by atoms with van der Waals surface area (Å²) in [5, 5.41) is 6.70. The van der Waals surface area contributed by atoms with E-state index in [-0.39, 0.29) is 17.9 Å². The van der Waals surface area contributed by atoms with Gasteiger partial charge in [-0.25, -0.2) is 9.97 Å². The van der Waals surface area contributed by atoms with Gasteiger partial charge in [0.05, 0.1) is 23.1 Å². The molecule has 0 spiro atoms. The molecule has 4 rings (SSSR count). The van der Waals surface area contributed by atoms with Gasteiger partial charge in [-0.1, -0.05) is 11.6 Å². The Morgan fingerprint density at radius 3 is 2.77 bits per heavy atom. The lowest BCUT2D eigenvalue weighted by Crippen LogP contribution is -2.23. The maximum Gasteiger partial charge on any atom is 0.228 e. The number of halogens is 1. The van der Waals surface area contributed by atoms with Gasteiger partial charge in [0.1, 0.15) is 11.6 Å². The van der Waals surface area contributed by atoms with E-state index in [1.165, 1.54) is 6.20 Å². The Balaban J connectivity index is 1.45. The summed E-state index contributed by atoms with van der Waals surface area (Å²) in [4.78, 5) is 25.7. The van der Waals surface area contributed by atoms with Crippen LogP contribution in [-0.4, -0.2) is 46.7 Å². The normalized spacial score (nSPS) is 22.1. The Kier molecular flexibility index (Phi) is 6.76. The van der Waals surface area contributed by atoms with Crippen molar-refractivity contribution in [2.24, 2.45) is 17.6 Å². The van der Waals surface area contributed by atoms with E-state index >= 15 is 0 Å². The summed E-state index contributed by atoms with van der Waals surface area (Å²) >= 11 is 6.37. The predicted molar refractivity (Wildman–Crippen MR) is 116 cm³/mol. The number of aromatic nitrogens is 3. The van der Waals surface area contributed by atoms with Crippen molar-refractivity contribution in [1.82, 2.24) is 15.0 Å². The number of pyridine rings is 1. The van der Waals surface area contributed by atoms with Crippen LogP contribution in [0.5, 0.6) is 0 Å². The van der Waals surface area contributed by atoms with Crippen LogP contribution in [0.3, 0.4) is 0 Å². The van der Waals surface area contributed by atoms with E-state index in [1.54, 1.807) is 18.5 Å². The van der Waals surface area contributed by atoms with Crippen molar-refractivity contribution in [2.45, 2.75) is 38.1 Å². The minimum Gasteiger partial charge on any atom is -0.381 e. The van der Waals surface area contributed by atoms with Crippen LogP contribution < -0.4 is 16.4 Å². The van der Waals surface area contributed by atoms with Gasteiger partial charge in [0.25, 0.3) is 0 Å². The van der Waals surface area contributed by atoms with E-state index in [9.17, 15) is 4.79 Å². The Hall–Kier alpha value is -2.29. The van der Waals surface area contributed by atoms with E-state index in [2.05, 4.69) is 25.6 Å². The zero-order chi connectivity index (χ0) is 20.9. The lowest BCUT2D eigenvalue weighted by molar-refractivity contribution is -0.119. The van der Waals surface area contributed by atoms with E-state index in [0.29, 0.717) is 40.3 Å². The highest BCUT2D eigenvalue weighted by Crippen LogP contribution is 2.30. The fourth-order valence-corrected chi connectivity index (χ4v) is 4.17. The second-order valence-electron chi connectivity index (χ2n) is 8.03. The first kappa shape index (κ1) is 21.0. The number of nitrogens with zero attached hydrogens (tertiary/aromatic N) is 3. The molecule has 0 unspecified atom stereocenters. The summed E-state index contributed by atoms with van der Waals surface area (Å²) in [6.45, 7) is 2.45. The first-order chi connectivity index (χ1) is 14.6. The zero-order valence-corrected chi connectivity index (χ0v) is 17.6. The first-order valence-corrected chi connectivity index (χ1v) is 10.8. The SMILES string of the molecule is N[C@@H]1CC[C@@H](C(=O)Nc2cc(-c3cncc(NCC4CCOCC4)n3)c(Cl)cn2)C1. The quantitative estimate of drug-likeness (QED) is 0.644. The van der Waals surface area contributed by atoms with Crippen LogP contribution in [0, 0.1) is 11.8 Å². The largest absolute Gasteiger partial charge is 0.381 e. The average Bonchev–Trinajstić information content (AvgIpc) is 3.21. The van der Waals surface area contributed by atoms with Crippen LogP contribution in [0.15, 0.2) is 24.7 Å². The molecule has 8 nitrogen and oxygen atoms in total. The van der Waals surface area contributed by atoms with Gasteiger partial charge < -0.3 is 21.1 Å². The summed E-state index contributed by atoms with van der Waals surface area (Å²) in [6.07, 6.45) is 9.36. The highest BCUT2D eigenvalue weighted by Gasteiger charge is 2.28. The number of hydrogen-bond donors (Lipinski definition) is 3. The van der Waals surface area contributed by atoms with Crippen molar-refractivity contribution in [3.8, 4) is 11.3 Å². The summed E-state index contributed by atoms with van der Waals surface area (Å²) < 4.78 is 5.41. The second-order valence-corrected chi connectivity index (χ2v) is 8.44. The van der Waals surface area contributed by atoms with Gasteiger partial charge in [0.2, 0.25) is 5.91 Å². The van der Waals surface area contributed by atoms with Crippen LogP contribution in [0.4, 0.5) is 11.6 Å². The topological polar surface area (TPSA) is 115 Å². The Bertz CT molecular complexity index is 890. The van der Waals surface area contributed by atoms with Crippen molar-refractivity contribution < 1.29 is 9.53 Å². The smallest absolute Gasteiger partial charge is 0.228 e. The molecule has 1 amide bonds. The van der Waals surface area contributed by atoms with Crippen molar-refractivity contribution in [3.05, 3.63) is 29.7 Å². The van der Waals surface area contributed by atoms with Gasteiger partial charge >= 0.3 is 0 Å². The predicted octanol–water partition coefficient (Wildman–Crippen LogP) is 3.10. The third kappa shape index (κ3) is 5.24. The molecule has 1 saturated heterocycles. The van der Waals surface area contributed by atoms with E-state index < -0.39 is 0 Å². The number of ether oxygens (including phenoxy) is 1. The number of rotatable bonds is 6. The molecule has 0 radical (unpaired) electrons. The molecule has 3 heterocycles. The number of carbonyl (C=O) groups excluding carboxylic acids is 1. The van der Waals surface area contributed by atoms with Gasteiger partial charge in [-0.05, 0) is 44.1 Å². The summed E-state index contributed by atoms with van der Waals surface area (Å²) in [5.74, 6) is 1.58. The van der Waals surface area contributed by atoms with Crippen LogP contribution >= 0.6 is 11.6 Å². The molecule has 0 aromatic carbocycles. The summed E-state index contributed by atoms with van der Waals surface area (Å²) in [5.41, 5.74) is 7.22. The maximum absolute atomic E-state index is 12.5. The van der Waals surface area contributed by atoms with Crippen LogP contribution in [-0.2, 0) is 9.53 Å². The standard InChI is InChI=1S/C21H27ClN6O2/c22-17-10-26-19(28-21(29)14-1-2-15(23)7-14)8-16(17)18-11-24-12-20(27-18)25-9-13-3-5-30-6-4-13/h8,10-15H,1-7,9,23H2,(H,25,27)(H,26,28,29)/t14-,15-/m1/s1. The summed E-state index contributed by atoms with van der Waals surface area (Å²) in [6, 6.07) is 1.84. The molecule has 2 aliphatic rings. The van der Waals surface area contributed by atoms with Crippen LogP contribution in [0.25, 0.3) is 11.3 Å². The monoisotopic (exact) mass is 430 g/mol. The number of carbonyl (C=O) groups is 1. The molecule has 30 heavy (non-hydrogen) atoms. The molecule has 2 aromatic rings. The van der Waals surface area contributed by atoms with Gasteiger partial charge in [-0.3, -0.25) is 9.78 Å². The maximum atomic E-state index is 12.5. The molecule has 1 aliphatic heterocycles. The van der Waals surface area contributed by atoms with E-state index in [4.69, 9.17) is 22.1 Å². The molecule has 4 N–H and O–H groups in total. The highest BCUT2D eigenvalue weighted by molar-refractivity contribution is 6.33. The molecule has 2 fully saturated rings. The lowest BCUT2D eigenvalue weighted by atomic mass is 10.0. The Morgan fingerprint density at radius 1 is 1.17 bits per heavy atom. The second kappa shape index (κ2) is 9.68. The molecule has 9 heteroatoms. The summed E-state index contributed by atoms with van der Waals surface area (Å²) in [7, 11) is 0. The highest BCUT2D eigenvalue weighted by atomic mass is 35.5.